The lowest BCUT2D eigenvalue weighted by Crippen LogP contribution is -2.42. The average Bonchev–Trinajstić information content (AvgIpc) is 2.46. The molecule has 0 fully saturated rings. The molecule has 1 unspecified atom stereocenters. The van der Waals surface area contributed by atoms with Gasteiger partial charge in [0.2, 0.25) is 0 Å². The van der Waals surface area contributed by atoms with E-state index in [1.807, 2.05) is 24.3 Å². The maximum absolute atomic E-state index is 12.1. The molecule has 0 aliphatic heterocycles. The first-order valence-corrected chi connectivity index (χ1v) is 7.28. The molecule has 0 bridgehead atoms. The molecule has 20 heavy (non-hydrogen) atoms. The van der Waals surface area contributed by atoms with Gasteiger partial charge < -0.3 is 15.2 Å². The number of hydrogen-bond acceptors (Lipinski definition) is 3. The molecule has 112 valence electrons. The van der Waals surface area contributed by atoms with Crippen molar-refractivity contribution in [3.05, 3.63) is 29.8 Å². The Labute approximate surface area is 121 Å². The second kappa shape index (κ2) is 8.59. The molecule has 1 aromatic carbocycles. The molecule has 1 atom stereocenters. The second-order valence-corrected chi connectivity index (χ2v) is 4.86. The van der Waals surface area contributed by atoms with Gasteiger partial charge in [-0.15, -0.1) is 0 Å². The Morgan fingerprint density at radius 2 is 1.95 bits per heavy atom. The van der Waals surface area contributed by atoms with Crippen molar-refractivity contribution in [2.75, 3.05) is 6.61 Å². The van der Waals surface area contributed by atoms with Crippen LogP contribution in [0.5, 0.6) is 5.75 Å². The zero-order valence-electron chi connectivity index (χ0n) is 12.6. The van der Waals surface area contributed by atoms with Crippen LogP contribution in [0.15, 0.2) is 24.3 Å². The van der Waals surface area contributed by atoms with Gasteiger partial charge in [-0.25, -0.2) is 0 Å². The van der Waals surface area contributed by atoms with E-state index in [2.05, 4.69) is 19.2 Å². The molecule has 0 aliphatic carbocycles. The molecule has 1 rings (SSSR count). The highest BCUT2D eigenvalue weighted by molar-refractivity contribution is 5.81. The second-order valence-electron chi connectivity index (χ2n) is 4.86. The molecule has 0 saturated heterocycles. The summed E-state index contributed by atoms with van der Waals surface area (Å²) in [6, 6.07) is 7.68. The molecule has 0 radical (unpaired) electrons. The molecule has 0 aromatic heterocycles. The Bertz CT molecular complexity index is 416. The highest BCUT2D eigenvalue weighted by atomic mass is 16.5. The van der Waals surface area contributed by atoms with Crippen LogP contribution in [-0.4, -0.2) is 29.8 Å². The maximum Gasteiger partial charge on any atom is 0.260 e. The molecule has 1 aromatic rings. The van der Waals surface area contributed by atoms with Crippen LogP contribution in [-0.2, 0) is 11.2 Å². The van der Waals surface area contributed by atoms with Gasteiger partial charge in [-0.1, -0.05) is 32.0 Å². The van der Waals surface area contributed by atoms with Gasteiger partial charge in [0.15, 0.2) is 6.10 Å². The summed E-state index contributed by atoms with van der Waals surface area (Å²) in [7, 11) is 0. The molecule has 0 heterocycles. The number of ether oxygens (including phenoxy) is 1. The maximum atomic E-state index is 12.1. The molecule has 2 N–H and O–H groups in total. The van der Waals surface area contributed by atoms with Crippen LogP contribution >= 0.6 is 0 Å². The van der Waals surface area contributed by atoms with Crippen molar-refractivity contribution in [1.29, 1.82) is 0 Å². The lowest BCUT2D eigenvalue weighted by atomic mass is 10.1. The summed E-state index contributed by atoms with van der Waals surface area (Å²) in [5.41, 5.74) is 0.914. The summed E-state index contributed by atoms with van der Waals surface area (Å²) in [5, 5.41) is 12.0. The monoisotopic (exact) mass is 279 g/mol. The minimum atomic E-state index is -0.546. The number of aliphatic hydroxyl groups is 1. The van der Waals surface area contributed by atoms with Crippen molar-refractivity contribution in [1.82, 2.24) is 5.32 Å². The first-order chi connectivity index (χ1) is 9.62. The third-order valence-corrected chi connectivity index (χ3v) is 3.36. The molecule has 0 aliphatic rings. The number of rotatable bonds is 8. The van der Waals surface area contributed by atoms with E-state index in [0.29, 0.717) is 12.2 Å². The Hall–Kier alpha value is -1.55. The van der Waals surface area contributed by atoms with Crippen molar-refractivity contribution in [3.8, 4) is 5.75 Å². The van der Waals surface area contributed by atoms with Gasteiger partial charge in [-0.05, 0) is 37.8 Å². The van der Waals surface area contributed by atoms with E-state index < -0.39 is 6.10 Å². The van der Waals surface area contributed by atoms with Crippen LogP contribution in [0.4, 0.5) is 0 Å². The fourth-order valence-electron chi connectivity index (χ4n) is 2.00. The topological polar surface area (TPSA) is 58.6 Å². The van der Waals surface area contributed by atoms with Gasteiger partial charge in [-0.3, -0.25) is 4.79 Å². The molecule has 4 heteroatoms. The van der Waals surface area contributed by atoms with E-state index in [9.17, 15) is 4.79 Å². The first-order valence-electron chi connectivity index (χ1n) is 7.28. The van der Waals surface area contributed by atoms with E-state index in [4.69, 9.17) is 9.84 Å². The minimum absolute atomic E-state index is 0.0642. The zero-order valence-corrected chi connectivity index (χ0v) is 12.6. The van der Waals surface area contributed by atoms with Crippen LogP contribution in [0.3, 0.4) is 0 Å². The van der Waals surface area contributed by atoms with E-state index in [1.54, 1.807) is 6.92 Å². The predicted octanol–water partition coefficient (Wildman–Crippen LogP) is 2.29. The third kappa shape index (κ3) is 4.85. The summed E-state index contributed by atoms with van der Waals surface area (Å²) in [6.45, 7) is 5.91. The van der Waals surface area contributed by atoms with E-state index in [1.165, 1.54) is 0 Å². The Morgan fingerprint density at radius 3 is 2.55 bits per heavy atom. The van der Waals surface area contributed by atoms with E-state index in [-0.39, 0.29) is 18.6 Å². The Morgan fingerprint density at radius 1 is 1.30 bits per heavy atom. The molecule has 4 nitrogen and oxygen atoms in total. The summed E-state index contributed by atoms with van der Waals surface area (Å²) < 4.78 is 5.73. The molecule has 0 spiro atoms. The molecule has 1 amide bonds. The summed E-state index contributed by atoms with van der Waals surface area (Å²) in [6.07, 6.45) is 1.80. The number of carbonyl (C=O) groups excluding carboxylic acids is 1. The first kappa shape index (κ1) is 16.5. The molecule has 0 saturated carbocycles. The van der Waals surface area contributed by atoms with Crippen LogP contribution < -0.4 is 10.1 Å². The van der Waals surface area contributed by atoms with Crippen molar-refractivity contribution in [3.63, 3.8) is 0 Å². The molecular weight excluding hydrogens is 254 g/mol. The third-order valence-electron chi connectivity index (χ3n) is 3.36. The SMILES string of the molecule is CCC(CC)NC(=O)C(C)Oc1ccccc1CCO. The Balaban J connectivity index is 2.65. The highest BCUT2D eigenvalue weighted by Crippen LogP contribution is 2.19. The van der Waals surface area contributed by atoms with Gasteiger partial charge in [0.05, 0.1) is 0 Å². The molecular formula is C16H25NO3. The van der Waals surface area contributed by atoms with Crippen molar-refractivity contribution >= 4 is 5.91 Å². The van der Waals surface area contributed by atoms with Gasteiger partial charge in [-0.2, -0.15) is 0 Å². The standard InChI is InChI=1S/C16H25NO3/c1-4-14(5-2)17-16(19)12(3)20-15-9-7-6-8-13(15)10-11-18/h6-9,12,14,18H,4-5,10-11H2,1-3H3,(H,17,19). The number of aliphatic hydroxyl groups excluding tert-OH is 1. The van der Waals surface area contributed by atoms with Gasteiger partial charge in [0.1, 0.15) is 5.75 Å². The van der Waals surface area contributed by atoms with Gasteiger partial charge in [0, 0.05) is 12.6 Å². The summed E-state index contributed by atoms with van der Waals surface area (Å²) in [5.74, 6) is 0.561. The van der Waals surface area contributed by atoms with Crippen molar-refractivity contribution in [2.24, 2.45) is 0 Å². The van der Waals surface area contributed by atoms with E-state index >= 15 is 0 Å². The average molecular weight is 279 g/mol. The summed E-state index contributed by atoms with van der Waals surface area (Å²) >= 11 is 0. The van der Waals surface area contributed by atoms with Crippen molar-refractivity contribution in [2.45, 2.75) is 52.2 Å². The van der Waals surface area contributed by atoms with Gasteiger partial charge in [0.25, 0.3) is 5.91 Å². The number of para-hydroxylation sites is 1. The number of hydrogen-bond donors (Lipinski definition) is 2. The van der Waals surface area contributed by atoms with E-state index in [0.717, 1.165) is 18.4 Å². The van der Waals surface area contributed by atoms with Crippen LogP contribution in [0, 0.1) is 0 Å². The Kier molecular flexibility index (Phi) is 7.09. The quantitative estimate of drug-likeness (QED) is 0.767. The number of benzene rings is 1. The number of carbonyl (C=O) groups is 1. The normalized spacial score (nSPS) is 12.2. The number of nitrogens with one attached hydrogen (secondary N) is 1. The lowest BCUT2D eigenvalue weighted by molar-refractivity contribution is -0.128. The van der Waals surface area contributed by atoms with Crippen molar-refractivity contribution < 1.29 is 14.6 Å². The summed E-state index contributed by atoms with van der Waals surface area (Å²) in [4.78, 5) is 12.1. The number of amides is 1. The lowest BCUT2D eigenvalue weighted by Gasteiger charge is -2.20. The fraction of sp³-hybridized carbons (Fsp3) is 0.562. The van der Waals surface area contributed by atoms with Gasteiger partial charge >= 0.3 is 0 Å². The zero-order chi connectivity index (χ0) is 15.0. The minimum Gasteiger partial charge on any atom is -0.481 e. The highest BCUT2D eigenvalue weighted by Gasteiger charge is 2.18. The largest absolute Gasteiger partial charge is 0.481 e. The van der Waals surface area contributed by atoms with Crippen LogP contribution in [0.2, 0.25) is 0 Å². The predicted molar refractivity (Wildman–Crippen MR) is 79.8 cm³/mol. The smallest absolute Gasteiger partial charge is 0.260 e. The fourth-order valence-corrected chi connectivity index (χ4v) is 2.00. The van der Waals surface area contributed by atoms with Crippen LogP contribution in [0.1, 0.15) is 39.2 Å². The van der Waals surface area contributed by atoms with Crippen LogP contribution in [0.25, 0.3) is 0 Å².